The van der Waals surface area contributed by atoms with Crippen LogP contribution in [0.4, 0.5) is 39.5 Å². The Bertz CT molecular complexity index is 602. The van der Waals surface area contributed by atoms with Crippen LogP contribution in [0.15, 0.2) is 0 Å². The van der Waals surface area contributed by atoms with Crippen molar-refractivity contribution in [3.05, 3.63) is 0 Å². The maximum Gasteiger partial charge on any atom is 0.402 e. The second kappa shape index (κ2) is 5.29. The lowest BCUT2D eigenvalue weighted by Crippen LogP contribution is -2.57. The molecule has 0 nitrogen and oxygen atoms in total. The average Bonchev–Trinajstić information content (AvgIpc) is 3.21. The molecule has 7 atom stereocenters. The van der Waals surface area contributed by atoms with E-state index in [1.807, 2.05) is 0 Å². The van der Waals surface area contributed by atoms with Crippen LogP contribution in [0.25, 0.3) is 0 Å². The summed E-state index contributed by atoms with van der Waals surface area (Å²) in [5.74, 6) is -1.49. The van der Waals surface area contributed by atoms with Crippen molar-refractivity contribution in [1.82, 2.24) is 0 Å². The maximum absolute atomic E-state index is 14.1. The van der Waals surface area contributed by atoms with E-state index in [1.165, 1.54) is 0 Å². The second-order valence-corrected chi connectivity index (χ2v) is 9.45. The van der Waals surface area contributed by atoms with Crippen LogP contribution in [0.3, 0.4) is 0 Å². The quantitative estimate of drug-likeness (QED) is 0.350. The Kier molecular flexibility index (Phi) is 3.85. The van der Waals surface area contributed by atoms with Crippen molar-refractivity contribution in [3.8, 4) is 0 Å². The summed E-state index contributed by atoms with van der Waals surface area (Å²) in [6.07, 6.45) is -16.6. The van der Waals surface area contributed by atoms with Crippen molar-refractivity contribution in [2.45, 2.75) is 64.0 Å². The first-order chi connectivity index (χ1) is 12.1. The first-order valence-corrected chi connectivity index (χ1v) is 9.32. The predicted octanol–water partition coefficient (Wildman–Crippen LogP) is 6.76. The summed E-state index contributed by atoms with van der Waals surface area (Å²) in [5.41, 5.74) is -7.27. The minimum Gasteiger partial charge on any atom is -0.170 e. The molecule has 0 saturated heterocycles. The van der Waals surface area contributed by atoms with Crippen LogP contribution >= 0.6 is 0 Å². The Morgan fingerprint density at radius 3 is 1.74 bits per heavy atom. The summed E-state index contributed by atoms with van der Waals surface area (Å²) in [6.45, 7) is -0.106. The number of hydrogen-bond donors (Lipinski definition) is 0. The number of hydrogen-bond acceptors (Lipinski definition) is 0. The van der Waals surface area contributed by atoms with Gasteiger partial charge in [-0.1, -0.05) is 0 Å². The summed E-state index contributed by atoms with van der Waals surface area (Å²) in [4.78, 5) is 0. The second-order valence-electron chi connectivity index (χ2n) is 9.45. The zero-order chi connectivity index (χ0) is 20.2. The smallest absolute Gasteiger partial charge is 0.170 e. The lowest BCUT2D eigenvalue weighted by molar-refractivity contribution is -0.362. The van der Waals surface area contributed by atoms with Gasteiger partial charge < -0.3 is 0 Å². The highest BCUT2D eigenvalue weighted by atomic mass is 19.4. The summed E-state index contributed by atoms with van der Waals surface area (Å²) >= 11 is 0. The lowest BCUT2D eigenvalue weighted by Gasteiger charge is -2.50. The molecule has 27 heavy (non-hydrogen) atoms. The van der Waals surface area contributed by atoms with Crippen molar-refractivity contribution in [2.24, 2.45) is 46.3 Å². The van der Waals surface area contributed by atoms with Crippen LogP contribution in [0.2, 0.25) is 0 Å². The van der Waals surface area contributed by atoms with Gasteiger partial charge in [-0.2, -0.15) is 39.5 Å². The molecule has 4 fully saturated rings. The molecule has 0 heterocycles. The van der Waals surface area contributed by atoms with Gasteiger partial charge in [0.15, 0.2) is 5.41 Å². The van der Waals surface area contributed by atoms with Gasteiger partial charge in [0, 0.05) is 0 Å². The monoisotopic (exact) mass is 408 g/mol. The molecule has 4 bridgehead atoms. The number of halogens is 9. The van der Waals surface area contributed by atoms with Crippen LogP contribution in [-0.2, 0) is 0 Å². The van der Waals surface area contributed by atoms with Crippen molar-refractivity contribution in [1.29, 1.82) is 0 Å². The van der Waals surface area contributed by atoms with Gasteiger partial charge in [0.2, 0.25) is 0 Å². The molecular formula is C18H21F9. The van der Waals surface area contributed by atoms with Crippen molar-refractivity contribution < 1.29 is 39.5 Å². The Morgan fingerprint density at radius 2 is 1.26 bits per heavy atom. The average molecular weight is 408 g/mol. The molecule has 4 saturated carbocycles. The molecule has 0 radical (unpaired) electrons. The Hall–Kier alpha value is -0.630. The molecule has 4 aliphatic rings. The first kappa shape index (κ1) is 19.7. The van der Waals surface area contributed by atoms with Gasteiger partial charge in [0.05, 0.1) is 5.41 Å². The number of alkyl halides is 9. The van der Waals surface area contributed by atoms with E-state index in [9.17, 15) is 39.5 Å². The van der Waals surface area contributed by atoms with E-state index in [2.05, 4.69) is 0 Å². The summed E-state index contributed by atoms with van der Waals surface area (Å²) in [6, 6.07) is 0. The molecule has 0 aliphatic heterocycles. The van der Waals surface area contributed by atoms with E-state index < -0.39 is 54.0 Å². The molecule has 4 aliphatic carbocycles. The Labute approximate surface area is 150 Å². The van der Waals surface area contributed by atoms with Crippen molar-refractivity contribution in [2.75, 3.05) is 0 Å². The zero-order valence-corrected chi connectivity index (χ0v) is 14.6. The third-order valence-electron chi connectivity index (χ3n) is 8.43. The van der Waals surface area contributed by atoms with Crippen LogP contribution in [0.1, 0.15) is 45.4 Å². The Morgan fingerprint density at radius 1 is 0.741 bits per heavy atom. The molecule has 0 aromatic heterocycles. The molecular weight excluding hydrogens is 387 g/mol. The zero-order valence-electron chi connectivity index (χ0n) is 14.6. The van der Waals surface area contributed by atoms with E-state index >= 15 is 0 Å². The van der Waals surface area contributed by atoms with E-state index in [-0.39, 0.29) is 31.1 Å². The molecule has 0 N–H and O–H groups in total. The van der Waals surface area contributed by atoms with E-state index in [0.29, 0.717) is 5.92 Å². The summed E-state index contributed by atoms with van der Waals surface area (Å²) < 4.78 is 123. The molecule has 4 rings (SSSR count). The highest BCUT2D eigenvalue weighted by molar-refractivity contribution is 5.18. The van der Waals surface area contributed by atoms with Gasteiger partial charge in [-0.25, -0.2) is 0 Å². The SMILES string of the molecule is CC(CC1(C(F)(F)F)CC2CC1C1C3CCC(C3)C21)(C(F)(F)F)C(F)(F)F. The Balaban J connectivity index is 1.76. The number of fused-ring (bicyclic) bond motifs is 9. The molecule has 0 amide bonds. The van der Waals surface area contributed by atoms with Gasteiger partial charge in [0.25, 0.3) is 0 Å². The standard InChI is InChI=1S/C18H21F9/c1-14(16(19,20)21,17(22,23)24)7-15(18(25,26)27)6-10-5-11(15)13-9-3-2-8(4-9)12(10)13/h8-13H,2-7H2,1H3. The van der Waals surface area contributed by atoms with Gasteiger partial charge >= 0.3 is 18.5 Å². The van der Waals surface area contributed by atoms with E-state index in [4.69, 9.17) is 0 Å². The van der Waals surface area contributed by atoms with Crippen LogP contribution in [0, 0.1) is 46.3 Å². The maximum atomic E-state index is 14.1. The van der Waals surface area contributed by atoms with Gasteiger partial charge in [-0.15, -0.1) is 0 Å². The first-order valence-electron chi connectivity index (χ1n) is 9.32. The van der Waals surface area contributed by atoms with Gasteiger partial charge in [0.1, 0.15) is 0 Å². The largest absolute Gasteiger partial charge is 0.402 e. The van der Waals surface area contributed by atoms with E-state index in [0.717, 1.165) is 19.3 Å². The van der Waals surface area contributed by atoms with Crippen LogP contribution in [0.5, 0.6) is 0 Å². The van der Waals surface area contributed by atoms with Gasteiger partial charge in [-0.3, -0.25) is 0 Å². The van der Waals surface area contributed by atoms with Crippen molar-refractivity contribution >= 4 is 0 Å². The minimum atomic E-state index is -5.79. The molecule has 0 aromatic carbocycles. The molecule has 9 heteroatoms. The van der Waals surface area contributed by atoms with Gasteiger partial charge in [-0.05, 0) is 81.0 Å². The molecule has 0 spiro atoms. The topological polar surface area (TPSA) is 0 Å². The third kappa shape index (κ3) is 2.38. The highest BCUT2D eigenvalue weighted by Gasteiger charge is 2.79. The normalized spacial score (nSPS) is 44.2. The predicted molar refractivity (Wildman–Crippen MR) is 77.3 cm³/mol. The number of rotatable bonds is 2. The lowest BCUT2D eigenvalue weighted by atomic mass is 9.56. The fraction of sp³-hybridized carbons (Fsp3) is 1.00. The van der Waals surface area contributed by atoms with Crippen LogP contribution < -0.4 is 0 Å². The fourth-order valence-corrected chi connectivity index (χ4v) is 7.37. The fourth-order valence-electron chi connectivity index (χ4n) is 7.37. The molecule has 156 valence electrons. The van der Waals surface area contributed by atoms with Crippen molar-refractivity contribution in [3.63, 3.8) is 0 Å². The minimum absolute atomic E-state index is 0.0278. The van der Waals surface area contributed by atoms with E-state index in [1.54, 1.807) is 0 Å². The molecule has 0 aromatic rings. The summed E-state index contributed by atoms with van der Waals surface area (Å²) in [5, 5.41) is 0. The highest BCUT2D eigenvalue weighted by Crippen LogP contribution is 2.77. The summed E-state index contributed by atoms with van der Waals surface area (Å²) in [7, 11) is 0. The molecule has 7 unspecified atom stereocenters. The third-order valence-corrected chi connectivity index (χ3v) is 8.43. The van der Waals surface area contributed by atoms with Crippen LogP contribution in [-0.4, -0.2) is 18.5 Å².